The summed E-state index contributed by atoms with van der Waals surface area (Å²) in [7, 11) is 0. The molecule has 2 saturated heterocycles. The van der Waals surface area contributed by atoms with Crippen molar-refractivity contribution >= 4 is 40.9 Å². The minimum Gasteiger partial charge on any atom is -0.480 e. The van der Waals surface area contributed by atoms with Gasteiger partial charge >= 0.3 is 5.97 Å². The number of amides is 3. The van der Waals surface area contributed by atoms with Gasteiger partial charge in [0.25, 0.3) is 11.1 Å². The third-order valence-electron chi connectivity index (χ3n) is 4.72. The third-order valence-corrected chi connectivity index (χ3v) is 5.63. The monoisotopic (exact) mass is 406 g/mol. The molecule has 0 spiro atoms. The summed E-state index contributed by atoms with van der Waals surface area (Å²) in [5.41, 5.74) is 0.196. The lowest BCUT2D eigenvalue weighted by Crippen LogP contribution is -2.48. The van der Waals surface area contributed by atoms with E-state index in [4.69, 9.17) is 0 Å². The van der Waals surface area contributed by atoms with Gasteiger partial charge < -0.3 is 10.0 Å². The summed E-state index contributed by atoms with van der Waals surface area (Å²) in [6, 6.07) is 5.03. The van der Waals surface area contributed by atoms with Crippen LogP contribution in [0.4, 0.5) is 9.18 Å². The first-order valence-electron chi connectivity index (χ1n) is 8.90. The molecular weight excluding hydrogens is 387 g/mol. The number of carboxylic acids is 1. The zero-order valence-corrected chi connectivity index (χ0v) is 15.8. The van der Waals surface area contributed by atoms with E-state index in [1.165, 1.54) is 29.2 Å². The number of likely N-dealkylation sites (tertiary alicyclic amines) is 1. The maximum Gasteiger partial charge on any atom is 0.326 e. The van der Waals surface area contributed by atoms with Gasteiger partial charge in [0, 0.05) is 25.1 Å². The number of halogens is 1. The van der Waals surface area contributed by atoms with Gasteiger partial charge in [0.2, 0.25) is 5.91 Å². The van der Waals surface area contributed by atoms with Gasteiger partial charge in [-0.2, -0.15) is 0 Å². The summed E-state index contributed by atoms with van der Waals surface area (Å²) in [5.74, 6) is -2.54. The topological polar surface area (TPSA) is 95.0 Å². The normalized spacial score (nSPS) is 21.5. The van der Waals surface area contributed by atoms with E-state index in [0.29, 0.717) is 24.7 Å². The lowest BCUT2D eigenvalue weighted by molar-refractivity contribution is -0.152. The van der Waals surface area contributed by atoms with Crippen molar-refractivity contribution in [2.24, 2.45) is 0 Å². The summed E-state index contributed by atoms with van der Waals surface area (Å²) in [5, 5.41) is 8.73. The maximum atomic E-state index is 13.8. The number of hydrogen-bond acceptors (Lipinski definition) is 5. The summed E-state index contributed by atoms with van der Waals surface area (Å²) in [4.78, 5) is 50.7. The van der Waals surface area contributed by atoms with Crippen molar-refractivity contribution < 1.29 is 28.7 Å². The number of thioether (sulfide) groups is 1. The van der Waals surface area contributed by atoms with Gasteiger partial charge in [-0.3, -0.25) is 19.3 Å². The molecule has 0 bridgehead atoms. The first-order chi connectivity index (χ1) is 13.4. The largest absolute Gasteiger partial charge is 0.480 e. The lowest BCUT2D eigenvalue weighted by Gasteiger charge is -2.33. The van der Waals surface area contributed by atoms with Crippen molar-refractivity contribution in [1.82, 2.24) is 9.80 Å². The Kier molecular flexibility index (Phi) is 6.13. The Hall–Kier alpha value is -2.68. The zero-order valence-electron chi connectivity index (χ0n) is 15.0. The molecule has 3 amide bonds. The van der Waals surface area contributed by atoms with Crippen LogP contribution in [0, 0.1) is 5.82 Å². The number of nitrogens with zero attached hydrogens (tertiary/aromatic N) is 2. The molecule has 9 heteroatoms. The van der Waals surface area contributed by atoms with Gasteiger partial charge in [-0.25, -0.2) is 9.18 Å². The molecule has 1 aromatic carbocycles. The smallest absolute Gasteiger partial charge is 0.326 e. The van der Waals surface area contributed by atoms with E-state index in [0.717, 1.165) is 17.7 Å². The van der Waals surface area contributed by atoms with Crippen LogP contribution in [0.3, 0.4) is 0 Å². The fourth-order valence-electron chi connectivity index (χ4n) is 3.26. The minimum absolute atomic E-state index is 0.0870. The van der Waals surface area contributed by atoms with Gasteiger partial charge in [0.15, 0.2) is 0 Å². The average molecular weight is 406 g/mol. The molecule has 1 N–H and O–H groups in total. The number of benzene rings is 1. The fraction of sp³-hybridized carbons (Fsp3) is 0.368. The van der Waals surface area contributed by atoms with Crippen LogP contribution in [0.15, 0.2) is 29.2 Å². The molecular formula is C19H19FN2O5S. The van der Waals surface area contributed by atoms with Gasteiger partial charge in [-0.1, -0.05) is 18.2 Å². The highest BCUT2D eigenvalue weighted by Crippen LogP contribution is 2.32. The van der Waals surface area contributed by atoms with E-state index in [2.05, 4.69) is 0 Å². The summed E-state index contributed by atoms with van der Waals surface area (Å²) < 4.78 is 13.8. The molecule has 0 aromatic heterocycles. The first kappa shape index (κ1) is 20.1. The van der Waals surface area contributed by atoms with Crippen LogP contribution in [0.5, 0.6) is 0 Å². The predicted molar refractivity (Wildman–Crippen MR) is 101 cm³/mol. The van der Waals surface area contributed by atoms with Crippen LogP contribution < -0.4 is 0 Å². The second kappa shape index (κ2) is 8.55. The molecule has 1 aromatic rings. The molecule has 1 atom stereocenters. The van der Waals surface area contributed by atoms with Crippen LogP contribution in [0.1, 0.15) is 31.2 Å². The van der Waals surface area contributed by atoms with Gasteiger partial charge in [-0.15, -0.1) is 0 Å². The van der Waals surface area contributed by atoms with E-state index in [1.807, 2.05) is 0 Å². The Morgan fingerprint density at radius 3 is 2.71 bits per heavy atom. The summed E-state index contributed by atoms with van der Waals surface area (Å²) in [6.45, 7) is 0.214. The number of aliphatic carboxylic acids is 1. The molecule has 2 aliphatic rings. The Morgan fingerprint density at radius 2 is 2.00 bits per heavy atom. The van der Waals surface area contributed by atoms with Gasteiger partial charge in [-0.05, 0) is 43.2 Å². The van der Waals surface area contributed by atoms with Crippen molar-refractivity contribution in [3.05, 3.63) is 40.6 Å². The van der Waals surface area contributed by atoms with E-state index >= 15 is 0 Å². The maximum absolute atomic E-state index is 13.8. The van der Waals surface area contributed by atoms with Crippen molar-refractivity contribution in [1.29, 1.82) is 0 Å². The lowest BCUT2D eigenvalue weighted by atomic mass is 10.0. The molecule has 0 aliphatic carbocycles. The molecule has 0 radical (unpaired) electrons. The van der Waals surface area contributed by atoms with Crippen molar-refractivity contribution in [3.63, 3.8) is 0 Å². The number of rotatable bonds is 5. The van der Waals surface area contributed by atoms with Crippen molar-refractivity contribution in [3.8, 4) is 0 Å². The average Bonchev–Trinajstić information content (AvgIpc) is 2.94. The Bertz CT molecular complexity index is 856. The molecule has 2 fully saturated rings. The third kappa shape index (κ3) is 4.24. The highest BCUT2D eigenvalue weighted by molar-refractivity contribution is 8.18. The van der Waals surface area contributed by atoms with Crippen LogP contribution in [0.25, 0.3) is 6.08 Å². The highest BCUT2D eigenvalue weighted by atomic mass is 32.2. The quantitative estimate of drug-likeness (QED) is 0.756. The summed E-state index contributed by atoms with van der Waals surface area (Å²) in [6.07, 6.45) is 3.03. The molecule has 0 saturated carbocycles. The van der Waals surface area contributed by atoms with Crippen molar-refractivity contribution in [2.75, 3.05) is 13.1 Å². The number of carboxylic acid groups (broad SMARTS) is 1. The van der Waals surface area contributed by atoms with Crippen LogP contribution in [0.2, 0.25) is 0 Å². The van der Waals surface area contributed by atoms with E-state index in [-0.39, 0.29) is 23.4 Å². The molecule has 3 rings (SSSR count). The molecule has 0 unspecified atom stereocenters. The second-order valence-electron chi connectivity index (χ2n) is 6.54. The van der Waals surface area contributed by atoms with E-state index < -0.39 is 34.9 Å². The minimum atomic E-state index is -1.05. The number of carbonyl (C=O) groups excluding carboxylic acids is 3. The number of imide groups is 1. The fourth-order valence-corrected chi connectivity index (χ4v) is 4.12. The Labute approximate surface area is 165 Å². The van der Waals surface area contributed by atoms with E-state index in [9.17, 15) is 28.7 Å². The van der Waals surface area contributed by atoms with Crippen LogP contribution in [-0.4, -0.2) is 57.1 Å². The molecule has 148 valence electrons. The van der Waals surface area contributed by atoms with Crippen LogP contribution in [-0.2, 0) is 14.4 Å². The Balaban J connectivity index is 1.65. The molecule has 2 aliphatic heterocycles. The number of hydrogen-bond donors (Lipinski definition) is 1. The predicted octanol–water partition coefficient (Wildman–Crippen LogP) is 2.72. The first-order valence-corrected chi connectivity index (χ1v) is 9.72. The zero-order chi connectivity index (χ0) is 20.3. The highest BCUT2D eigenvalue weighted by Gasteiger charge is 2.37. The van der Waals surface area contributed by atoms with Crippen molar-refractivity contribution in [2.45, 2.75) is 31.7 Å². The standard InChI is InChI=1S/C19H19FN2O5S/c20-13-6-2-1-5-12(13)11-15-17(24)22(19(27)28-15)10-8-16(23)21-9-4-3-7-14(21)18(25)26/h1-2,5-6,11,14H,3-4,7-10H2,(H,25,26)/b15-11-/t14-/m0/s1. The SMILES string of the molecule is O=C(O)[C@@H]1CCCCN1C(=O)CCN1C(=O)S/C(=C\c2ccccc2F)C1=O. The second-order valence-corrected chi connectivity index (χ2v) is 7.54. The molecule has 28 heavy (non-hydrogen) atoms. The number of piperidine rings is 1. The molecule has 2 heterocycles. The Morgan fingerprint density at radius 1 is 1.25 bits per heavy atom. The summed E-state index contributed by atoms with van der Waals surface area (Å²) >= 11 is 0.691. The van der Waals surface area contributed by atoms with Gasteiger partial charge in [0.1, 0.15) is 11.9 Å². The van der Waals surface area contributed by atoms with E-state index in [1.54, 1.807) is 6.07 Å². The molecule has 7 nitrogen and oxygen atoms in total. The van der Waals surface area contributed by atoms with Crippen LogP contribution >= 0.6 is 11.8 Å². The number of carbonyl (C=O) groups is 4. The van der Waals surface area contributed by atoms with Gasteiger partial charge in [0.05, 0.1) is 4.91 Å².